The van der Waals surface area contributed by atoms with Crippen LogP contribution in [0.15, 0.2) is 0 Å². The maximum Gasteiger partial charge on any atom is 0.309 e. The summed E-state index contributed by atoms with van der Waals surface area (Å²) in [6, 6.07) is 0. The lowest BCUT2D eigenvalue weighted by Gasteiger charge is -2.30. The Morgan fingerprint density at radius 3 is 2.78 bits per heavy atom. The minimum Gasteiger partial charge on any atom is -0.469 e. The third kappa shape index (κ3) is 4.22. The lowest BCUT2D eigenvalue weighted by molar-refractivity contribution is -0.144. The molecule has 0 radical (unpaired) electrons. The van der Waals surface area contributed by atoms with Crippen molar-refractivity contribution in [3.05, 3.63) is 0 Å². The van der Waals surface area contributed by atoms with Crippen molar-refractivity contribution in [2.24, 2.45) is 11.8 Å². The summed E-state index contributed by atoms with van der Waals surface area (Å²) in [7, 11) is -2.19. The molecule has 0 aromatic rings. The highest BCUT2D eigenvalue weighted by Crippen LogP contribution is 2.17. The number of nitrogens with zero attached hydrogens (tertiary/aromatic N) is 1. The number of rotatable bonds is 5. The highest BCUT2D eigenvalue weighted by molar-refractivity contribution is 7.87. The molecule has 0 saturated carbocycles. The zero-order chi connectivity index (χ0) is 13.8. The van der Waals surface area contributed by atoms with Gasteiger partial charge in [-0.05, 0) is 18.8 Å². The van der Waals surface area contributed by atoms with Crippen molar-refractivity contribution in [2.75, 3.05) is 26.7 Å². The van der Waals surface area contributed by atoms with E-state index in [1.165, 1.54) is 11.4 Å². The SMILES string of the molecule is COC(=O)[C@H](C)CNS(=O)(=O)N1CCC[C@@H](C)C1. The van der Waals surface area contributed by atoms with Gasteiger partial charge in [-0.15, -0.1) is 0 Å². The van der Waals surface area contributed by atoms with Gasteiger partial charge in [0, 0.05) is 19.6 Å². The van der Waals surface area contributed by atoms with Gasteiger partial charge in [0.1, 0.15) is 0 Å². The van der Waals surface area contributed by atoms with Crippen molar-refractivity contribution in [3.8, 4) is 0 Å². The van der Waals surface area contributed by atoms with Gasteiger partial charge in [0.2, 0.25) is 0 Å². The summed E-state index contributed by atoms with van der Waals surface area (Å²) in [4.78, 5) is 11.2. The maximum atomic E-state index is 12.0. The predicted molar refractivity (Wildman–Crippen MR) is 68.1 cm³/mol. The van der Waals surface area contributed by atoms with Gasteiger partial charge in [-0.1, -0.05) is 13.8 Å². The van der Waals surface area contributed by atoms with E-state index in [0.29, 0.717) is 19.0 Å². The fourth-order valence-corrected chi connectivity index (χ4v) is 3.43. The van der Waals surface area contributed by atoms with E-state index in [4.69, 9.17) is 0 Å². The Hall–Kier alpha value is -0.660. The largest absolute Gasteiger partial charge is 0.469 e. The quantitative estimate of drug-likeness (QED) is 0.737. The summed E-state index contributed by atoms with van der Waals surface area (Å²) in [5.74, 6) is -0.509. The first-order chi connectivity index (χ1) is 8.36. The Kier molecular flexibility index (Phi) is 5.55. The fraction of sp³-hybridized carbons (Fsp3) is 0.909. The molecule has 1 aliphatic rings. The van der Waals surface area contributed by atoms with Crippen LogP contribution in [0.25, 0.3) is 0 Å². The van der Waals surface area contributed by atoms with E-state index < -0.39 is 22.1 Å². The molecule has 1 fully saturated rings. The molecule has 0 bridgehead atoms. The van der Waals surface area contributed by atoms with Crippen molar-refractivity contribution in [2.45, 2.75) is 26.7 Å². The summed E-state index contributed by atoms with van der Waals surface area (Å²) in [6.45, 7) is 4.83. The first kappa shape index (κ1) is 15.4. The monoisotopic (exact) mass is 278 g/mol. The van der Waals surface area contributed by atoms with E-state index in [0.717, 1.165) is 12.8 Å². The van der Waals surface area contributed by atoms with Crippen molar-refractivity contribution in [1.82, 2.24) is 9.03 Å². The van der Waals surface area contributed by atoms with Gasteiger partial charge in [-0.2, -0.15) is 12.7 Å². The average Bonchev–Trinajstić information content (AvgIpc) is 2.35. The van der Waals surface area contributed by atoms with Gasteiger partial charge < -0.3 is 4.74 Å². The Labute approximate surface area is 109 Å². The number of hydrogen-bond acceptors (Lipinski definition) is 4. The Bertz CT molecular complexity index is 383. The average molecular weight is 278 g/mol. The van der Waals surface area contributed by atoms with Crippen LogP contribution in [0.5, 0.6) is 0 Å². The molecule has 0 unspecified atom stereocenters. The first-order valence-electron chi connectivity index (χ1n) is 6.19. The Morgan fingerprint density at radius 1 is 1.56 bits per heavy atom. The number of carbonyl (C=O) groups is 1. The Morgan fingerprint density at radius 2 is 2.22 bits per heavy atom. The van der Waals surface area contributed by atoms with E-state index in [9.17, 15) is 13.2 Å². The van der Waals surface area contributed by atoms with Crippen LogP contribution in [0.4, 0.5) is 0 Å². The molecule has 18 heavy (non-hydrogen) atoms. The molecule has 0 aromatic carbocycles. The lowest BCUT2D eigenvalue weighted by atomic mass is 10.0. The van der Waals surface area contributed by atoms with E-state index in [1.54, 1.807) is 6.92 Å². The van der Waals surface area contributed by atoms with Crippen molar-refractivity contribution < 1.29 is 17.9 Å². The second kappa shape index (κ2) is 6.49. The second-order valence-corrected chi connectivity index (χ2v) is 6.64. The molecule has 1 aliphatic heterocycles. The van der Waals surface area contributed by atoms with E-state index in [1.807, 2.05) is 6.92 Å². The van der Waals surface area contributed by atoms with Gasteiger partial charge in [0.25, 0.3) is 10.2 Å². The molecule has 1 rings (SSSR count). The molecule has 0 aliphatic carbocycles. The van der Waals surface area contributed by atoms with Gasteiger partial charge >= 0.3 is 5.97 Å². The van der Waals surface area contributed by atoms with Gasteiger partial charge in [-0.3, -0.25) is 4.79 Å². The maximum absolute atomic E-state index is 12.0. The van der Waals surface area contributed by atoms with E-state index in [-0.39, 0.29) is 6.54 Å². The van der Waals surface area contributed by atoms with Crippen LogP contribution in [-0.2, 0) is 19.7 Å². The minimum absolute atomic E-state index is 0.0693. The number of methoxy groups -OCH3 is 1. The second-order valence-electron chi connectivity index (χ2n) is 4.88. The van der Waals surface area contributed by atoms with Crippen LogP contribution in [0.3, 0.4) is 0 Å². The van der Waals surface area contributed by atoms with Crippen molar-refractivity contribution >= 4 is 16.2 Å². The molecule has 106 valence electrons. The zero-order valence-corrected chi connectivity index (χ0v) is 12.0. The standard InChI is InChI=1S/C11H22N2O4S/c1-9-5-4-6-13(8-9)18(15,16)12-7-10(2)11(14)17-3/h9-10,12H,4-8H2,1-3H3/t9-,10-/m1/s1. The molecule has 1 heterocycles. The van der Waals surface area contributed by atoms with Gasteiger partial charge in [0.05, 0.1) is 13.0 Å². The van der Waals surface area contributed by atoms with Gasteiger partial charge in [0.15, 0.2) is 0 Å². The molecule has 0 amide bonds. The molecule has 7 heteroatoms. The molecular formula is C11H22N2O4S. The summed E-state index contributed by atoms with van der Waals surface area (Å²) < 4.78 is 32.5. The van der Waals surface area contributed by atoms with Gasteiger partial charge in [-0.25, -0.2) is 4.72 Å². The third-order valence-corrected chi connectivity index (χ3v) is 4.68. The summed E-state index contributed by atoms with van der Waals surface area (Å²) >= 11 is 0. The summed E-state index contributed by atoms with van der Waals surface area (Å²) in [5, 5.41) is 0. The van der Waals surface area contributed by atoms with Crippen LogP contribution in [0.1, 0.15) is 26.7 Å². The number of carbonyl (C=O) groups excluding carboxylic acids is 1. The molecule has 0 spiro atoms. The van der Waals surface area contributed by atoms with Crippen LogP contribution >= 0.6 is 0 Å². The number of nitrogens with one attached hydrogen (secondary N) is 1. The molecule has 1 N–H and O–H groups in total. The van der Waals surface area contributed by atoms with E-state index in [2.05, 4.69) is 9.46 Å². The van der Waals surface area contributed by atoms with Crippen LogP contribution in [0.2, 0.25) is 0 Å². The zero-order valence-electron chi connectivity index (χ0n) is 11.2. The topological polar surface area (TPSA) is 75.7 Å². The molecule has 2 atom stereocenters. The molecule has 1 saturated heterocycles. The highest BCUT2D eigenvalue weighted by Gasteiger charge is 2.27. The fourth-order valence-electron chi connectivity index (χ4n) is 1.97. The lowest BCUT2D eigenvalue weighted by Crippen LogP contribution is -2.47. The smallest absolute Gasteiger partial charge is 0.309 e. The van der Waals surface area contributed by atoms with E-state index >= 15 is 0 Å². The van der Waals surface area contributed by atoms with Crippen LogP contribution in [0, 0.1) is 11.8 Å². The number of esters is 1. The predicted octanol–water partition coefficient (Wildman–Crippen LogP) is 0.362. The number of ether oxygens (including phenoxy) is 1. The molecule has 6 nitrogen and oxygen atoms in total. The number of piperidine rings is 1. The van der Waals surface area contributed by atoms with Crippen LogP contribution in [-0.4, -0.2) is 45.4 Å². The van der Waals surface area contributed by atoms with Crippen molar-refractivity contribution in [1.29, 1.82) is 0 Å². The first-order valence-corrected chi connectivity index (χ1v) is 7.63. The Balaban J connectivity index is 2.51. The minimum atomic E-state index is -3.48. The molecule has 0 aromatic heterocycles. The van der Waals surface area contributed by atoms with Crippen molar-refractivity contribution in [3.63, 3.8) is 0 Å². The number of hydrogen-bond donors (Lipinski definition) is 1. The summed E-state index contributed by atoms with van der Waals surface area (Å²) in [6.07, 6.45) is 1.94. The summed E-state index contributed by atoms with van der Waals surface area (Å²) in [5.41, 5.74) is 0. The third-order valence-electron chi connectivity index (χ3n) is 3.14. The highest BCUT2D eigenvalue weighted by atomic mass is 32.2. The molecular weight excluding hydrogens is 256 g/mol. The normalized spacial score (nSPS) is 23.6. The van der Waals surface area contributed by atoms with Crippen LogP contribution < -0.4 is 4.72 Å².